The van der Waals surface area contributed by atoms with Crippen molar-refractivity contribution in [2.75, 3.05) is 33.2 Å². The first-order valence-corrected chi connectivity index (χ1v) is 9.32. The Morgan fingerprint density at radius 1 is 1.41 bits per heavy atom. The smallest absolute Gasteiger partial charge is 0.127 e. The van der Waals surface area contributed by atoms with Crippen molar-refractivity contribution in [1.82, 2.24) is 20.4 Å². The molecule has 2 rings (SSSR count). The van der Waals surface area contributed by atoms with E-state index in [9.17, 15) is 8.78 Å². The van der Waals surface area contributed by atoms with Crippen LogP contribution in [-0.2, 0) is 0 Å². The largest absolute Gasteiger partial charge is 0.383 e. The van der Waals surface area contributed by atoms with Crippen LogP contribution in [-0.4, -0.2) is 55.2 Å². The standard InChI is InChI=1S/C21H30F2N4/c1-5-20(24-4)21(25-6-2)8-7-16(3)26-9-11-27(12-10-26)19-14-17(22)13-18(23)15-19/h6,14-15,17,21,24-25H,1-3,7-13H2,4H3. The predicted molar refractivity (Wildman–Crippen MR) is 107 cm³/mol. The summed E-state index contributed by atoms with van der Waals surface area (Å²) in [5, 5.41) is 6.31. The van der Waals surface area contributed by atoms with Crippen LogP contribution in [0.5, 0.6) is 0 Å². The molecule has 1 aliphatic heterocycles. The van der Waals surface area contributed by atoms with E-state index >= 15 is 0 Å². The van der Waals surface area contributed by atoms with E-state index in [2.05, 4.69) is 41.0 Å². The summed E-state index contributed by atoms with van der Waals surface area (Å²) in [4.78, 5) is 4.28. The molecule has 1 aliphatic carbocycles. The second-order valence-corrected chi connectivity index (χ2v) is 6.75. The first kappa shape index (κ1) is 20.8. The van der Waals surface area contributed by atoms with Crippen LogP contribution in [0.15, 0.2) is 66.7 Å². The normalized spacial score (nSPS) is 20.8. The first-order valence-electron chi connectivity index (χ1n) is 9.32. The molecule has 0 aromatic carbocycles. The number of alkyl halides is 1. The molecule has 2 N–H and O–H groups in total. The van der Waals surface area contributed by atoms with Gasteiger partial charge in [0.25, 0.3) is 0 Å². The fourth-order valence-electron chi connectivity index (χ4n) is 3.48. The van der Waals surface area contributed by atoms with Crippen LogP contribution in [0.2, 0.25) is 0 Å². The summed E-state index contributed by atoms with van der Waals surface area (Å²) in [5.41, 5.74) is 5.52. The van der Waals surface area contributed by atoms with Gasteiger partial charge in [-0.25, -0.2) is 8.78 Å². The fraction of sp³-hybridized carbons (Fsp3) is 0.476. The maximum atomic E-state index is 13.6. The third kappa shape index (κ3) is 5.76. The zero-order chi connectivity index (χ0) is 19.8. The van der Waals surface area contributed by atoms with Crippen molar-refractivity contribution in [2.24, 2.45) is 0 Å². The van der Waals surface area contributed by atoms with Gasteiger partial charge in [0.1, 0.15) is 12.0 Å². The number of halogens is 2. The van der Waals surface area contributed by atoms with Gasteiger partial charge in [-0.2, -0.15) is 0 Å². The van der Waals surface area contributed by atoms with Gasteiger partial charge >= 0.3 is 0 Å². The topological polar surface area (TPSA) is 30.5 Å². The average Bonchev–Trinajstić information content (AvgIpc) is 2.66. The summed E-state index contributed by atoms with van der Waals surface area (Å²) >= 11 is 0. The van der Waals surface area contributed by atoms with Crippen LogP contribution in [0.3, 0.4) is 0 Å². The highest BCUT2D eigenvalue weighted by Crippen LogP contribution is 2.25. The molecule has 148 valence electrons. The maximum Gasteiger partial charge on any atom is 0.127 e. The summed E-state index contributed by atoms with van der Waals surface area (Å²) in [6.45, 7) is 14.7. The summed E-state index contributed by atoms with van der Waals surface area (Å²) in [6, 6.07) is 0.0602. The minimum absolute atomic E-state index is 0.0602. The zero-order valence-electron chi connectivity index (χ0n) is 16.1. The van der Waals surface area contributed by atoms with E-state index in [1.807, 2.05) is 11.9 Å². The molecule has 0 radical (unpaired) electrons. The molecule has 0 bridgehead atoms. The number of allylic oxidation sites excluding steroid dienone is 4. The maximum absolute atomic E-state index is 13.6. The van der Waals surface area contributed by atoms with Crippen LogP contribution in [0.25, 0.3) is 0 Å². The van der Waals surface area contributed by atoms with E-state index in [1.54, 1.807) is 6.20 Å². The van der Waals surface area contributed by atoms with E-state index in [4.69, 9.17) is 0 Å². The van der Waals surface area contributed by atoms with Crippen molar-refractivity contribution < 1.29 is 8.78 Å². The van der Waals surface area contributed by atoms with Gasteiger partial charge in [0.15, 0.2) is 0 Å². The van der Waals surface area contributed by atoms with Crippen molar-refractivity contribution in [3.63, 3.8) is 0 Å². The van der Waals surface area contributed by atoms with Crippen molar-refractivity contribution in [3.05, 3.63) is 66.7 Å². The Balaban J connectivity index is 1.86. The zero-order valence-corrected chi connectivity index (χ0v) is 16.1. The minimum Gasteiger partial charge on any atom is -0.383 e. The van der Waals surface area contributed by atoms with Gasteiger partial charge in [-0.3, -0.25) is 0 Å². The van der Waals surface area contributed by atoms with Crippen molar-refractivity contribution >= 4 is 0 Å². The second-order valence-electron chi connectivity index (χ2n) is 6.75. The summed E-state index contributed by atoms with van der Waals surface area (Å²) in [6.07, 6.45) is 4.92. The Hall–Kier alpha value is -2.46. The van der Waals surface area contributed by atoms with Crippen LogP contribution in [0, 0.1) is 0 Å². The first-order chi connectivity index (χ1) is 13.0. The number of likely N-dealkylation sites (N-methyl/N-ethyl adjacent to an activating group) is 1. The molecule has 0 saturated carbocycles. The Labute approximate surface area is 161 Å². The lowest BCUT2D eigenvalue weighted by molar-refractivity contribution is 0.188. The van der Waals surface area contributed by atoms with Gasteiger partial charge in [0.2, 0.25) is 0 Å². The van der Waals surface area contributed by atoms with Gasteiger partial charge in [0.05, 0.1) is 11.7 Å². The summed E-state index contributed by atoms with van der Waals surface area (Å²) < 4.78 is 27.1. The molecule has 2 atom stereocenters. The molecule has 1 fully saturated rings. The number of piperazine rings is 1. The number of hydrogen-bond donors (Lipinski definition) is 2. The Morgan fingerprint density at radius 2 is 2.11 bits per heavy atom. The quantitative estimate of drug-likeness (QED) is 0.604. The van der Waals surface area contributed by atoms with E-state index in [0.29, 0.717) is 5.70 Å². The molecule has 1 saturated heterocycles. The molecule has 0 amide bonds. The Kier molecular flexibility index (Phi) is 7.74. The molecule has 0 aromatic heterocycles. The van der Waals surface area contributed by atoms with Gasteiger partial charge in [0, 0.05) is 51.0 Å². The molecule has 0 spiro atoms. The number of hydrogen-bond acceptors (Lipinski definition) is 4. The van der Waals surface area contributed by atoms with Gasteiger partial charge < -0.3 is 20.4 Å². The summed E-state index contributed by atoms with van der Waals surface area (Å²) in [7, 11) is 1.85. The molecular formula is C21H30F2N4. The van der Waals surface area contributed by atoms with E-state index in [0.717, 1.165) is 50.4 Å². The average molecular weight is 376 g/mol. The molecule has 4 nitrogen and oxygen atoms in total. The lowest BCUT2D eigenvalue weighted by Gasteiger charge is -2.39. The van der Waals surface area contributed by atoms with Crippen molar-refractivity contribution in [2.45, 2.75) is 31.5 Å². The lowest BCUT2D eigenvalue weighted by Crippen LogP contribution is -2.45. The molecule has 6 heteroatoms. The highest BCUT2D eigenvalue weighted by molar-refractivity contribution is 5.27. The number of rotatable bonds is 9. The number of nitrogens with zero attached hydrogens (tertiary/aromatic N) is 2. The number of nitrogens with one attached hydrogen (secondary N) is 2. The monoisotopic (exact) mass is 376 g/mol. The second kappa shape index (κ2) is 10.0. The molecule has 1 heterocycles. The van der Waals surface area contributed by atoms with Crippen LogP contribution in [0.1, 0.15) is 19.3 Å². The Bertz CT molecular complexity index is 653. The molecular weight excluding hydrogens is 346 g/mol. The fourth-order valence-corrected chi connectivity index (χ4v) is 3.48. The lowest BCUT2D eigenvalue weighted by atomic mass is 10.1. The van der Waals surface area contributed by atoms with Gasteiger partial charge in [-0.1, -0.05) is 19.7 Å². The van der Waals surface area contributed by atoms with Gasteiger partial charge in [-0.15, -0.1) is 5.73 Å². The third-order valence-corrected chi connectivity index (χ3v) is 4.99. The molecule has 0 aromatic rings. The SMILES string of the molecule is C=C=C(NC)C(CCC(=C)N1CCN(C2=CC(F)CC(F)=C2)CC1)NC=C. The minimum atomic E-state index is -1.23. The third-order valence-electron chi connectivity index (χ3n) is 4.99. The predicted octanol–water partition coefficient (Wildman–Crippen LogP) is 3.37. The van der Waals surface area contributed by atoms with Crippen LogP contribution >= 0.6 is 0 Å². The van der Waals surface area contributed by atoms with Crippen molar-refractivity contribution in [3.8, 4) is 0 Å². The van der Waals surface area contributed by atoms with Crippen LogP contribution in [0.4, 0.5) is 8.78 Å². The molecule has 27 heavy (non-hydrogen) atoms. The molecule has 2 aliphatic rings. The highest BCUT2D eigenvalue weighted by atomic mass is 19.1. The summed E-state index contributed by atoms with van der Waals surface area (Å²) in [5.74, 6) is -0.386. The van der Waals surface area contributed by atoms with Gasteiger partial charge in [-0.05, 0) is 31.2 Å². The molecule has 2 unspecified atom stereocenters. The van der Waals surface area contributed by atoms with Crippen LogP contribution < -0.4 is 10.6 Å². The van der Waals surface area contributed by atoms with Crippen molar-refractivity contribution in [1.29, 1.82) is 0 Å². The van der Waals surface area contributed by atoms with E-state index in [-0.39, 0.29) is 18.3 Å². The Morgan fingerprint density at radius 3 is 2.67 bits per heavy atom. The highest BCUT2D eigenvalue weighted by Gasteiger charge is 2.23. The van der Waals surface area contributed by atoms with E-state index < -0.39 is 6.17 Å². The van der Waals surface area contributed by atoms with E-state index in [1.165, 1.54) is 12.2 Å².